The molecule has 0 aliphatic carbocycles. The van der Waals surface area contributed by atoms with Crippen LogP contribution < -0.4 is 5.32 Å². The molecule has 2 aromatic rings. The minimum absolute atomic E-state index is 0.306. The summed E-state index contributed by atoms with van der Waals surface area (Å²) in [6, 6.07) is 8.97. The standard InChI is InChI=1S/C15H19BrIN3/c1-4-18-13(11-6-5-7-12(17)8-11)9-14-15(16)10(2)19-20(14)3/h5-8,13,18H,4,9H2,1-3H3. The van der Waals surface area contributed by atoms with Gasteiger partial charge in [0.05, 0.1) is 15.9 Å². The van der Waals surface area contributed by atoms with Gasteiger partial charge in [0.1, 0.15) is 0 Å². The molecule has 0 saturated carbocycles. The molecule has 108 valence electrons. The second-order valence-corrected chi connectivity index (χ2v) is 6.88. The third-order valence-corrected chi connectivity index (χ3v) is 5.06. The first kappa shape index (κ1) is 16.0. The van der Waals surface area contributed by atoms with Crippen LogP contribution in [0.15, 0.2) is 28.7 Å². The number of nitrogens with one attached hydrogen (secondary N) is 1. The molecule has 0 amide bonds. The van der Waals surface area contributed by atoms with E-state index in [9.17, 15) is 0 Å². The van der Waals surface area contributed by atoms with Crippen LogP contribution in [-0.4, -0.2) is 16.3 Å². The highest BCUT2D eigenvalue weighted by Gasteiger charge is 2.17. The summed E-state index contributed by atoms with van der Waals surface area (Å²) in [5, 5.41) is 8.05. The molecular formula is C15H19BrIN3. The predicted molar refractivity (Wildman–Crippen MR) is 94.9 cm³/mol. The van der Waals surface area contributed by atoms with Crippen LogP contribution in [-0.2, 0) is 13.5 Å². The van der Waals surface area contributed by atoms with Gasteiger partial charge in [-0.05, 0) is 69.7 Å². The zero-order chi connectivity index (χ0) is 14.7. The van der Waals surface area contributed by atoms with Crippen LogP contribution in [0.3, 0.4) is 0 Å². The normalized spacial score (nSPS) is 12.7. The number of hydrogen-bond donors (Lipinski definition) is 1. The van der Waals surface area contributed by atoms with E-state index in [2.05, 4.69) is 80.1 Å². The van der Waals surface area contributed by atoms with Gasteiger partial charge in [-0.15, -0.1) is 0 Å². The Balaban J connectivity index is 2.30. The lowest BCUT2D eigenvalue weighted by Crippen LogP contribution is -2.24. The minimum Gasteiger partial charge on any atom is -0.310 e. The van der Waals surface area contributed by atoms with Gasteiger partial charge in [0.15, 0.2) is 0 Å². The molecular weight excluding hydrogens is 429 g/mol. The maximum atomic E-state index is 4.48. The third kappa shape index (κ3) is 3.62. The van der Waals surface area contributed by atoms with Crippen LogP contribution in [0.25, 0.3) is 0 Å². The fourth-order valence-corrected chi connectivity index (χ4v) is 3.44. The van der Waals surface area contributed by atoms with Crippen molar-refractivity contribution in [3.8, 4) is 0 Å². The molecule has 1 aromatic heterocycles. The summed E-state index contributed by atoms with van der Waals surface area (Å²) in [6.45, 7) is 5.12. The molecule has 0 bridgehead atoms. The molecule has 0 radical (unpaired) electrons. The number of rotatable bonds is 5. The number of halogens is 2. The van der Waals surface area contributed by atoms with E-state index in [0.717, 1.165) is 23.1 Å². The summed E-state index contributed by atoms with van der Waals surface area (Å²) >= 11 is 6.02. The Hall–Kier alpha value is -0.400. The van der Waals surface area contributed by atoms with Crippen LogP contribution in [0.1, 0.15) is 29.9 Å². The van der Waals surface area contributed by atoms with Crippen molar-refractivity contribution in [2.45, 2.75) is 26.3 Å². The van der Waals surface area contributed by atoms with Crippen LogP contribution in [0.4, 0.5) is 0 Å². The van der Waals surface area contributed by atoms with Crippen LogP contribution in [0, 0.1) is 10.5 Å². The highest BCUT2D eigenvalue weighted by molar-refractivity contribution is 14.1. The zero-order valence-corrected chi connectivity index (χ0v) is 15.7. The van der Waals surface area contributed by atoms with Gasteiger partial charge >= 0.3 is 0 Å². The second kappa shape index (κ2) is 7.04. The van der Waals surface area contributed by atoms with Gasteiger partial charge in [0.25, 0.3) is 0 Å². The molecule has 0 aliphatic heterocycles. The van der Waals surface area contributed by atoms with E-state index in [-0.39, 0.29) is 0 Å². The minimum atomic E-state index is 0.306. The Bertz CT molecular complexity index is 595. The SMILES string of the molecule is CCNC(Cc1c(Br)c(C)nn1C)c1cccc(I)c1. The molecule has 3 nitrogen and oxygen atoms in total. The summed E-state index contributed by atoms with van der Waals surface area (Å²) < 4.78 is 4.36. The largest absolute Gasteiger partial charge is 0.310 e. The van der Waals surface area contributed by atoms with Crippen molar-refractivity contribution in [2.24, 2.45) is 7.05 Å². The number of benzene rings is 1. The average Bonchev–Trinajstić information content (AvgIpc) is 2.64. The van der Waals surface area contributed by atoms with Crippen LogP contribution >= 0.6 is 38.5 Å². The average molecular weight is 448 g/mol. The van der Waals surface area contributed by atoms with E-state index < -0.39 is 0 Å². The van der Waals surface area contributed by atoms with Gasteiger partial charge in [-0.1, -0.05) is 19.1 Å². The lowest BCUT2D eigenvalue weighted by molar-refractivity contribution is 0.527. The lowest BCUT2D eigenvalue weighted by Gasteiger charge is -2.19. The van der Waals surface area contributed by atoms with Crippen molar-refractivity contribution >= 4 is 38.5 Å². The number of aryl methyl sites for hydroxylation is 2. The molecule has 0 aliphatic rings. The summed E-state index contributed by atoms with van der Waals surface area (Å²) in [4.78, 5) is 0. The molecule has 1 N–H and O–H groups in total. The van der Waals surface area contributed by atoms with Gasteiger partial charge in [-0.2, -0.15) is 5.10 Å². The topological polar surface area (TPSA) is 29.9 Å². The van der Waals surface area contributed by atoms with Gasteiger partial charge in [-0.25, -0.2) is 0 Å². The number of nitrogens with zero attached hydrogens (tertiary/aromatic N) is 2. The highest BCUT2D eigenvalue weighted by Crippen LogP contribution is 2.26. The molecule has 2 rings (SSSR count). The van der Waals surface area contributed by atoms with E-state index in [4.69, 9.17) is 0 Å². The molecule has 1 heterocycles. The monoisotopic (exact) mass is 447 g/mol. The van der Waals surface area contributed by atoms with Crippen molar-refractivity contribution in [3.63, 3.8) is 0 Å². The Morgan fingerprint density at radius 3 is 2.75 bits per heavy atom. The van der Waals surface area contributed by atoms with E-state index in [1.54, 1.807) is 0 Å². The Kier molecular flexibility index (Phi) is 5.63. The van der Waals surface area contributed by atoms with Crippen molar-refractivity contribution < 1.29 is 0 Å². The van der Waals surface area contributed by atoms with Crippen LogP contribution in [0.2, 0.25) is 0 Å². The van der Waals surface area contributed by atoms with E-state index >= 15 is 0 Å². The first-order valence-corrected chi connectivity index (χ1v) is 8.57. The van der Waals surface area contributed by atoms with Gasteiger partial charge < -0.3 is 5.32 Å². The molecule has 0 saturated heterocycles. The Morgan fingerprint density at radius 2 is 2.20 bits per heavy atom. The quantitative estimate of drug-likeness (QED) is 0.702. The molecule has 5 heteroatoms. The third-order valence-electron chi connectivity index (χ3n) is 3.36. The highest BCUT2D eigenvalue weighted by atomic mass is 127. The Labute approximate surface area is 142 Å². The van der Waals surface area contributed by atoms with Gasteiger partial charge in [0, 0.05) is 23.1 Å². The van der Waals surface area contributed by atoms with E-state index in [1.165, 1.54) is 14.8 Å². The van der Waals surface area contributed by atoms with Crippen molar-refractivity contribution in [1.29, 1.82) is 0 Å². The summed E-state index contributed by atoms with van der Waals surface area (Å²) in [6.07, 6.45) is 0.922. The second-order valence-electron chi connectivity index (χ2n) is 4.84. The van der Waals surface area contributed by atoms with E-state index in [0.29, 0.717) is 6.04 Å². The Morgan fingerprint density at radius 1 is 1.45 bits per heavy atom. The van der Waals surface area contributed by atoms with Crippen molar-refractivity contribution in [3.05, 3.63) is 49.3 Å². The fourth-order valence-electron chi connectivity index (χ4n) is 2.37. The summed E-state index contributed by atoms with van der Waals surface area (Å²) in [7, 11) is 2.00. The first-order valence-electron chi connectivity index (χ1n) is 6.69. The molecule has 1 atom stereocenters. The number of likely N-dealkylation sites (N-methyl/N-ethyl adjacent to an activating group) is 1. The number of hydrogen-bond acceptors (Lipinski definition) is 2. The molecule has 0 fully saturated rings. The van der Waals surface area contributed by atoms with E-state index in [1.807, 2.05) is 18.7 Å². The first-order chi connectivity index (χ1) is 9.52. The van der Waals surface area contributed by atoms with Gasteiger partial charge in [0.2, 0.25) is 0 Å². The fraction of sp³-hybridized carbons (Fsp3) is 0.400. The van der Waals surface area contributed by atoms with Gasteiger partial charge in [-0.3, -0.25) is 4.68 Å². The molecule has 1 unspecified atom stereocenters. The van der Waals surface area contributed by atoms with Crippen molar-refractivity contribution in [1.82, 2.24) is 15.1 Å². The molecule has 0 spiro atoms. The summed E-state index contributed by atoms with van der Waals surface area (Å²) in [5.41, 5.74) is 3.59. The summed E-state index contributed by atoms with van der Waals surface area (Å²) in [5.74, 6) is 0. The lowest BCUT2D eigenvalue weighted by atomic mass is 10.0. The van der Waals surface area contributed by atoms with Crippen molar-refractivity contribution in [2.75, 3.05) is 6.54 Å². The smallest absolute Gasteiger partial charge is 0.0738 e. The van der Waals surface area contributed by atoms with Crippen LogP contribution in [0.5, 0.6) is 0 Å². The maximum Gasteiger partial charge on any atom is 0.0738 e. The molecule has 1 aromatic carbocycles. The number of aromatic nitrogens is 2. The zero-order valence-electron chi connectivity index (χ0n) is 12.0. The predicted octanol–water partition coefficient (Wildman–Crippen LogP) is 3.99. The maximum absolute atomic E-state index is 4.48. The molecule has 20 heavy (non-hydrogen) atoms.